The molecule has 0 saturated heterocycles. The summed E-state index contributed by atoms with van der Waals surface area (Å²) in [7, 11) is 0. The minimum atomic E-state index is -0.407. The number of hydrogen-bond acceptors (Lipinski definition) is 4. The molecule has 1 N–H and O–H groups in total. The topological polar surface area (TPSA) is 67.5 Å². The van der Waals surface area contributed by atoms with Gasteiger partial charge in [-0.25, -0.2) is 5.43 Å². The maximum absolute atomic E-state index is 11.6. The molecule has 1 aromatic carbocycles. The quantitative estimate of drug-likeness (QED) is 0.700. The van der Waals surface area contributed by atoms with E-state index in [1.165, 1.54) is 0 Å². The van der Waals surface area contributed by atoms with Crippen molar-refractivity contribution >= 4 is 28.1 Å². The van der Waals surface area contributed by atoms with E-state index >= 15 is 0 Å². The molecule has 0 atom stereocenters. The lowest BCUT2D eigenvalue weighted by Crippen LogP contribution is -2.17. The summed E-state index contributed by atoms with van der Waals surface area (Å²) in [5.74, 6) is 0.171. The molecule has 92 valence electrons. The molecular formula is C12H10BrN3O2. The van der Waals surface area contributed by atoms with Gasteiger partial charge in [-0.05, 0) is 13.0 Å². The molecule has 0 radical (unpaired) electrons. The fourth-order valence-electron chi connectivity index (χ4n) is 1.27. The molecule has 1 aromatic heterocycles. The van der Waals surface area contributed by atoms with Crippen molar-refractivity contribution in [1.82, 2.24) is 10.6 Å². The van der Waals surface area contributed by atoms with E-state index in [0.717, 1.165) is 10.0 Å². The van der Waals surface area contributed by atoms with E-state index in [1.54, 1.807) is 19.2 Å². The van der Waals surface area contributed by atoms with Crippen LogP contribution in [0.2, 0.25) is 0 Å². The Hall–Kier alpha value is -1.95. The number of benzene rings is 1. The number of hydrogen-bond donors (Lipinski definition) is 1. The molecule has 0 fully saturated rings. The van der Waals surface area contributed by atoms with Gasteiger partial charge in [-0.2, -0.15) is 5.10 Å². The molecular weight excluding hydrogens is 298 g/mol. The largest absolute Gasteiger partial charge is 0.361 e. The van der Waals surface area contributed by atoms with Crippen molar-refractivity contribution in [2.75, 3.05) is 0 Å². The van der Waals surface area contributed by atoms with Gasteiger partial charge in [0.05, 0.1) is 6.21 Å². The number of carbonyl (C=O) groups excluding carboxylic acids is 1. The highest BCUT2D eigenvalue weighted by molar-refractivity contribution is 9.10. The molecule has 6 heteroatoms. The van der Waals surface area contributed by atoms with Gasteiger partial charge in [-0.15, -0.1) is 0 Å². The Kier molecular flexibility index (Phi) is 3.88. The maximum atomic E-state index is 11.6. The second kappa shape index (κ2) is 5.59. The number of rotatable bonds is 3. The van der Waals surface area contributed by atoms with Gasteiger partial charge in [-0.1, -0.05) is 39.3 Å². The van der Waals surface area contributed by atoms with Gasteiger partial charge in [-0.3, -0.25) is 4.79 Å². The summed E-state index contributed by atoms with van der Waals surface area (Å²) in [6.45, 7) is 1.72. The number of amides is 1. The number of carbonyl (C=O) groups is 1. The predicted molar refractivity (Wildman–Crippen MR) is 70.4 cm³/mol. The smallest absolute Gasteiger partial charge is 0.293 e. The van der Waals surface area contributed by atoms with E-state index < -0.39 is 5.91 Å². The first-order chi connectivity index (χ1) is 8.66. The first-order valence-corrected chi connectivity index (χ1v) is 5.97. The molecule has 5 nitrogen and oxygen atoms in total. The van der Waals surface area contributed by atoms with Crippen molar-refractivity contribution in [2.24, 2.45) is 5.10 Å². The van der Waals surface area contributed by atoms with Crippen LogP contribution in [0.15, 0.2) is 44.4 Å². The van der Waals surface area contributed by atoms with Crippen molar-refractivity contribution in [1.29, 1.82) is 0 Å². The summed E-state index contributed by atoms with van der Waals surface area (Å²) in [6.07, 6.45) is 1.55. The van der Waals surface area contributed by atoms with Gasteiger partial charge in [0, 0.05) is 16.1 Å². The van der Waals surface area contributed by atoms with E-state index in [9.17, 15) is 4.79 Å². The molecule has 2 aromatic rings. The number of nitrogens with zero attached hydrogens (tertiary/aromatic N) is 2. The lowest BCUT2D eigenvalue weighted by atomic mass is 10.2. The Morgan fingerprint density at radius 3 is 2.94 bits per heavy atom. The molecule has 2 rings (SSSR count). The summed E-state index contributed by atoms with van der Waals surface area (Å²) >= 11 is 3.38. The highest BCUT2D eigenvalue weighted by atomic mass is 79.9. The number of nitrogens with one attached hydrogen (secondary N) is 1. The molecule has 1 heterocycles. The van der Waals surface area contributed by atoms with Crippen LogP contribution in [0.5, 0.6) is 0 Å². The third-order valence-electron chi connectivity index (χ3n) is 2.14. The van der Waals surface area contributed by atoms with Crippen molar-refractivity contribution in [3.8, 4) is 0 Å². The summed E-state index contributed by atoms with van der Waals surface area (Å²) in [5, 5.41) is 7.44. The van der Waals surface area contributed by atoms with E-state index in [1.807, 2.05) is 24.3 Å². The SMILES string of the molecule is Cc1cc(C(=O)N/N=C/c2ccccc2Br)no1. The van der Waals surface area contributed by atoms with Crippen LogP contribution < -0.4 is 5.43 Å². The van der Waals surface area contributed by atoms with Gasteiger partial charge in [0.25, 0.3) is 5.91 Å². The fraction of sp³-hybridized carbons (Fsp3) is 0.0833. The van der Waals surface area contributed by atoms with Gasteiger partial charge in [0.1, 0.15) is 5.76 Å². The van der Waals surface area contributed by atoms with Crippen LogP contribution in [0.25, 0.3) is 0 Å². The average molecular weight is 308 g/mol. The van der Waals surface area contributed by atoms with Crippen molar-refractivity contribution in [3.63, 3.8) is 0 Å². The van der Waals surface area contributed by atoms with Crippen LogP contribution in [-0.2, 0) is 0 Å². The standard InChI is InChI=1S/C12H10BrN3O2/c1-8-6-11(16-18-8)12(17)15-14-7-9-4-2-3-5-10(9)13/h2-7H,1H3,(H,15,17)/b14-7+. The zero-order chi connectivity index (χ0) is 13.0. The zero-order valence-corrected chi connectivity index (χ0v) is 11.1. The Morgan fingerprint density at radius 1 is 1.50 bits per heavy atom. The zero-order valence-electron chi connectivity index (χ0n) is 9.55. The normalized spacial score (nSPS) is 10.8. The van der Waals surface area contributed by atoms with Crippen LogP contribution in [0, 0.1) is 6.92 Å². The Morgan fingerprint density at radius 2 is 2.28 bits per heavy atom. The van der Waals surface area contributed by atoms with E-state index in [0.29, 0.717) is 5.76 Å². The third-order valence-corrected chi connectivity index (χ3v) is 2.86. The molecule has 0 unspecified atom stereocenters. The molecule has 0 bridgehead atoms. The van der Waals surface area contributed by atoms with Gasteiger partial charge in [0.15, 0.2) is 5.69 Å². The Bertz CT molecular complexity index is 593. The van der Waals surface area contributed by atoms with Crippen LogP contribution >= 0.6 is 15.9 Å². The summed E-state index contributed by atoms with van der Waals surface area (Å²) < 4.78 is 5.70. The first kappa shape index (κ1) is 12.5. The van der Waals surface area contributed by atoms with Gasteiger partial charge in [0.2, 0.25) is 0 Å². The molecule has 0 spiro atoms. The number of aromatic nitrogens is 1. The summed E-state index contributed by atoms with van der Waals surface area (Å²) in [5.41, 5.74) is 3.45. The maximum Gasteiger partial charge on any atom is 0.293 e. The monoisotopic (exact) mass is 307 g/mol. The van der Waals surface area contributed by atoms with Gasteiger partial charge < -0.3 is 4.52 Å². The molecule has 0 aliphatic carbocycles. The van der Waals surface area contributed by atoms with Crippen LogP contribution in [0.4, 0.5) is 0 Å². The third kappa shape index (κ3) is 3.04. The lowest BCUT2D eigenvalue weighted by molar-refractivity contribution is 0.0946. The van der Waals surface area contributed by atoms with Crippen LogP contribution in [0.3, 0.4) is 0 Å². The van der Waals surface area contributed by atoms with Crippen LogP contribution in [-0.4, -0.2) is 17.3 Å². The average Bonchev–Trinajstić information content (AvgIpc) is 2.78. The number of aryl methyl sites for hydroxylation is 1. The first-order valence-electron chi connectivity index (χ1n) is 5.18. The van der Waals surface area contributed by atoms with E-state index in [2.05, 4.69) is 31.6 Å². The van der Waals surface area contributed by atoms with E-state index in [4.69, 9.17) is 4.52 Å². The van der Waals surface area contributed by atoms with Gasteiger partial charge >= 0.3 is 0 Å². The highest BCUT2D eigenvalue weighted by Crippen LogP contribution is 2.13. The summed E-state index contributed by atoms with van der Waals surface area (Å²) in [4.78, 5) is 11.6. The molecule has 0 aliphatic heterocycles. The molecule has 0 aliphatic rings. The Balaban J connectivity index is 2.00. The van der Waals surface area contributed by atoms with Crippen molar-refractivity contribution in [3.05, 3.63) is 51.8 Å². The van der Waals surface area contributed by atoms with E-state index in [-0.39, 0.29) is 5.69 Å². The Labute approximate surface area is 112 Å². The second-order valence-corrected chi connectivity index (χ2v) is 4.40. The number of halogens is 1. The van der Waals surface area contributed by atoms with Crippen molar-refractivity contribution in [2.45, 2.75) is 6.92 Å². The van der Waals surface area contributed by atoms with Crippen LogP contribution in [0.1, 0.15) is 21.8 Å². The predicted octanol–water partition coefficient (Wildman–Crippen LogP) is 2.51. The summed E-state index contributed by atoms with van der Waals surface area (Å²) in [6, 6.07) is 9.10. The van der Waals surface area contributed by atoms with Crippen molar-refractivity contribution < 1.29 is 9.32 Å². The number of hydrazone groups is 1. The highest BCUT2D eigenvalue weighted by Gasteiger charge is 2.09. The second-order valence-electron chi connectivity index (χ2n) is 3.54. The molecule has 1 amide bonds. The lowest BCUT2D eigenvalue weighted by Gasteiger charge is -1.97. The minimum absolute atomic E-state index is 0.205. The minimum Gasteiger partial charge on any atom is -0.361 e. The molecule has 0 saturated carbocycles. The molecule has 18 heavy (non-hydrogen) atoms. The fourth-order valence-corrected chi connectivity index (χ4v) is 1.66.